The lowest BCUT2D eigenvalue weighted by molar-refractivity contribution is -0.124. The van der Waals surface area contributed by atoms with Gasteiger partial charge < -0.3 is 10.3 Å². The number of nitrogens with one attached hydrogen (secondary N) is 2. The van der Waals surface area contributed by atoms with E-state index in [1.54, 1.807) is 0 Å². The highest BCUT2D eigenvalue weighted by Crippen LogP contribution is 2.41. The number of aromatic amines is 1. The fourth-order valence-corrected chi connectivity index (χ4v) is 4.84. The maximum Gasteiger partial charge on any atom is 0.228 e. The maximum atomic E-state index is 12.9. The van der Waals surface area contributed by atoms with Gasteiger partial charge in [-0.05, 0) is 54.5 Å². The smallest absolute Gasteiger partial charge is 0.228 e. The van der Waals surface area contributed by atoms with E-state index in [0.717, 1.165) is 32.4 Å². The number of hydrogen-bond donors (Lipinski definition) is 2. The lowest BCUT2D eigenvalue weighted by atomic mass is 9.79. The molecule has 2 aromatic rings. The van der Waals surface area contributed by atoms with Gasteiger partial charge in [0.15, 0.2) is 0 Å². The monoisotopic (exact) mass is 349 g/mol. The minimum Gasteiger partial charge on any atom is -0.361 e. The molecule has 1 aromatic heterocycles. The zero-order chi connectivity index (χ0) is 17.8. The highest BCUT2D eigenvalue weighted by atomic mass is 16.2. The van der Waals surface area contributed by atoms with Crippen LogP contribution in [0.3, 0.4) is 0 Å². The van der Waals surface area contributed by atoms with Crippen LogP contribution in [-0.2, 0) is 11.2 Å². The third-order valence-corrected chi connectivity index (χ3v) is 6.41. The first-order chi connectivity index (χ1) is 12.7. The van der Waals surface area contributed by atoms with Crippen molar-refractivity contribution in [3.8, 4) is 0 Å². The van der Waals surface area contributed by atoms with Crippen molar-refractivity contribution in [2.24, 2.45) is 11.8 Å². The normalized spacial score (nSPS) is 30.0. The molecule has 2 aliphatic carbocycles. The molecule has 4 atom stereocenters. The third-order valence-electron chi connectivity index (χ3n) is 6.41. The van der Waals surface area contributed by atoms with Crippen LogP contribution < -0.4 is 5.32 Å². The van der Waals surface area contributed by atoms with Gasteiger partial charge in [0.05, 0.1) is 5.92 Å². The van der Waals surface area contributed by atoms with Crippen LogP contribution in [0.15, 0.2) is 30.5 Å². The maximum absolute atomic E-state index is 12.9. The zero-order valence-electron chi connectivity index (χ0n) is 15.6. The molecule has 0 radical (unpaired) electrons. The Labute approximate surface area is 154 Å². The Morgan fingerprint density at radius 2 is 2.23 bits per heavy atom. The second kappa shape index (κ2) is 5.98. The number of carbonyl (C=O) groups is 1. The van der Waals surface area contributed by atoms with Crippen molar-refractivity contribution in [2.45, 2.75) is 45.2 Å². The lowest BCUT2D eigenvalue weighted by Crippen LogP contribution is -2.49. The van der Waals surface area contributed by atoms with Crippen molar-refractivity contribution in [3.63, 3.8) is 0 Å². The van der Waals surface area contributed by atoms with E-state index in [-0.39, 0.29) is 11.8 Å². The first kappa shape index (κ1) is 16.1. The summed E-state index contributed by atoms with van der Waals surface area (Å²) >= 11 is 0. The van der Waals surface area contributed by atoms with Gasteiger partial charge >= 0.3 is 0 Å². The summed E-state index contributed by atoms with van der Waals surface area (Å²) in [6.07, 6.45) is 7.72. The number of amides is 1. The summed E-state index contributed by atoms with van der Waals surface area (Å²) in [6.45, 7) is 6.31. The fraction of sp³-hybridized carbons (Fsp3) is 0.500. The molecule has 0 saturated heterocycles. The third kappa shape index (κ3) is 2.50. The standard InChI is InChI=1S/C22H27N3O/c1-3-7-25-12-15(22(26)24-19-8-13(19)2)9-17-16-5-4-6-18-21(16)14(11-23-18)10-20(17)25/h4-6,9,11,13,15,19-20,23H,3,7-8,10,12H2,1-2H3,(H,24,26)/t13-,15+,19+,20+/m0/s1. The zero-order valence-corrected chi connectivity index (χ0v) is 15.6. The lowest BCUT2D eigenvalue weighted by Gasteiger charge is -2.41. The number of aromatic nitrogens is 1. The van der Waals surface area contributed by atoms with Gasteiger partial charge in [-0.15, -0.1) is 0 Å². The van der Waals surface area contributed by atoms with Gasteiger partial charge in [0.2, 0.25) is 5.91 Å². The molecule has 1 aliphatic heterocycles. The predicted octanol–water partition coefficient (Wildman–Crippen LogP) is 3.34. The van der Waals surface area contributed by atoms with Gasteiger partial charge in [0, 0.05) is 35.7 Å². The van der Waals surface area contributed by atoms with Gasteiger partial charge in [-0.25, -0.2) is 0 Å². The van der Waals surface area contributed by atoms with E-state index in [1.165, 1.54) is 27.6 Å². The van der Waals surface area contributed by atoms with E-state index in [2.05, 4.69) is 59.5 Å². The molecule has 3 aliphatic rings. The number of hydrogen-bond acceptors (Lipinski definition) is 2. The molecule has 2 heterocycles. The Morgan fingerprint density at radius 3 is 3.00 bits per heavy atom. The Morgan fingerprint density at radius 1 is 1.38 bits per heavy atom. The van der Waals surface area contributed by atoms with E-state index < -0.39 is 0 Å². The van der Waals surface area contributed by atoms with E-state index >= 15 is 0 Å². The first-order valence-corrected chi connectivity index (χ1v) is 10.0. The Kier molecular flexibility index (Phi) is 3.71. The molecule has 26 heavy (non-hydrogen) atoms. The average molecular weight is 349 g/mol. The van der Waals surface area contributed by atoms with Crippen LogP contribution in [0.25, 0.3) is 16.5 Å². The van der Waals surface area contributed by atoms with Crippen LogP contribution in [0.5, 0.6) is 0 Å². The van der Waals surface area contributed by atoms with Crippen LogP contribution in [0, 0.1) is 11.8 Å². The number of benzene rings is 1. The van der Waals surface area contributed by atoms with Crippen molar-refractivity contribution < 1.29 is 4.79 Å². The Balaban J connectivity index is 1.54. The van der Waals surface area contributed by atoms with Gasteiger partial charge in [-0.1, -0.05) is 32.1 Å². The van der Waals surface area contributed by atoms with Crippen molar-refractivity contribution in [1.29, 1.82) is 0 Å². The molecule has 0 bridgehead atoms. The SMILES string of the molecule is CCCN1C[C@H](C(=O)N[C@@H]2C[C@@H]2C)C=C2c3cccc4[nH]cc(c34)C[C@H]21. The predicted molar refractivity (Wildman–Crippen MR) is 105 cm³/mol. The minimum atomic E-state index is -0.0450. The van der Waals surface area contributed by atoms with Crippen molar-refractivity contribution in [2.75, 3.05) is 13.1 Å². The summed E-state index contributed by atoms with van der Waals surface area (Å²) in [5.41, 5.74) is 5.28. The van der Waals surface area contributed by atoms with Crippen LogP contribution in [0.2, 0.25) is 0 Å². The molecule has 136 valence electrons. The summed E-state index contributed by atoms with van der Waals surface area (Å²) in [7, 11) is 0. The van der Waals surface area contributed by atoms with Crippen LogP contribution in [0.1, 0.15) is 37.8 Å². The summed E-state index contributed by atoms with van der Waals surface area (Å²) in [5, 5.41) is 4.60. The number of rotatable bonds is 4. The molecule has 5 rings (SSSR count). The molecular formula is C22H27N3O. The topological polar surface area (TPSA) is 48.1 Å². The molecule has 4 heteroatoms. The van der Waals surface area contributed by atoms with Crippen molar-refractivity contribution in [3.05, 3.63) is 41.6 Å². The average Bonchev–Trinajstić information content (AvgIpc) is 3.17. The summed E-state index contributed by atoms with van der Waals surface area (Å²) < 4.78 is 0. The molecule has 4 nitrogen and oxygen atoms in total. The second-order valence-electron chi connectivity index (χ2n) is 8.31. The van der Waals surface area contributed by atoms with Gasteiger partial charge in [-0.3, -0.25) is 9.69 Å². The summed E-state index contributed by atoms with van der Waals surface area (Å²) in [4.78, 5) is 18.8. The Hall–Kier alpha value is -2.07. The van der Waals surface area contributed by atoms with E-state index in [0.29, 0.717) is 18.0 Å². The molecular weight excluding hydrogens is 322 g/mol. The molecule has 0 spiro atoms. The summed E-state index contributed by atoms with van der Waals surface area (Å²) in [6, 6.07) is 7.29. The van der Waals surface area contributed by atoms with Crippen LogP contribution in [-0.4, -0.2) is 41.0 Å². The number of carbonyl (C=O) groups excluding carboxylic acids is 1. The van der Waals surface area contributed by atoms with Crippen LogP contribution >= 0.6 is 0 Å². The highest BCUT2D eigenvalue weighted by molar-refractivity contribution is 5.99. The second-order valence-corrected chi connectivity index (χ2v) is 8.31. The quantitative estimate of drug-likeness (QED) is 0.889. The van der Waals surface area contributed by atoms with Crippen LogP contribution in [0.4, 0.5) is 0 Å². The molecule has 1 aromatic carbocycles. The highest BCUT2D eigenvalue weighted by Gasteiger charge is 2.39. The largest absolute Gasteiger partial charge is 0.361 e. The molecule has 0 unspecified atom stereocenters. The molecule has 2 N–H and O–H groups in total. The van der Waals surface area contributed by atoms with E-state index in [9.17, 15) is 4.79 Å². The molecule has 1 amide bonds. The fourth-order valence-electron chi connectivity index (χ4n) is 4.84. The van der Waals surface area contributed by atoms with Crippen molar-refractivity contribution >= 4 is 22.4 Å². The number of nitrogens with zero attached hydrogens (tertiary/aromatic N) is 1. The van der Waals surface area contributed by atoms with Gasteiger partial charge in [0.25, 0.3) is 0 Å². The number of H-pyrrole nitrogens is 1. The van der Waals surface area contributed by atoms with Gasteiger partial charge in [0.1, 0.15) is 0 Å². The molecule has 1 saturated carbocycles. The Bertz CT molecular complexity index is 896. The molecule has 1 fully saturated rings. The van der Waals surface area contributed by atoms with Crippen molar-refractivity contribution in [1.82, 2.24) is 15.2 Å². The van der Waals surface area contributed by atoms with E-state index in [1.807, 2.05) is 0 Å². The van der Waals surface area contributed by atoms with Gasteiger partial charge in [-0.2, -0.15) is 0 Å². The summed E-state index contributed by atoms with van der Waals surface area (Å²) in [5.74, 6) is 0.801. The van der Waals surface area contributed by atoms with E-state index in [4.69, 9.17) is 0 Å². The minimum absolute atomic E-state index is 0.0450. The number of fused-ring (bicyclic) bond motifs is 2. The first-order valence-electron chi connectivity index (χ1n) is 10.0.